The molecule has 4 aromatic rings. The van der Waals surface area contributed by atoms with E-state index in [1.165, 1.54) is 18.5 Å². The summed E-state index contributed by atoms with van der Waals surface area (Å²) in [5, 5.41) is 6.42. The third-order valence-corrected chi connectivity index (χ3v) is 5.02. The molecule has 2 aromatic carbocycles. The zero-order chi connectivity index (χ0) is 24.4. The number of ether oxygens (including phenoxy) is 1. The predicted octanol–water partition coefficient (Wildman–Crippen LogP) is 5.53. The van der Waals surface area contributed by atoms with Crippen LogP contribution >= 0.6 is 0 Å². The van der Waals surface area contributed by atoms with Gasteiger partial charge in [-0.25, -0.2) is 17.6 Å². The summed E-state index contributed by atoms with van der Waals surface area (Å²) in [7, 11) is 0. The Bertz CT molecular complexity index is 1360. The molecule has 0 bridgehead atoms. The topological polar surface area (TPSA) is 69.3 Å². The number of aromatic nitrogens is 2. The summed E-state index contributed by atoms with van der Waals surface area (Å²) in [6, 6.07) is 9.18. The average molecular weight is 473 g/mol. The maximum atomic E-state index is 13.9. The van der Waals surface area contributed by atoms with Crippen LogP contribution < -0.4 is 10.1 Å². The zero-order valence-corrected chi connectivity index (χ0v) is 18.2. The summed E-state index contributed by atoms with van der Waals surface area (Å²) in [5.41, 5.74) is 1.53. The van der Waals surface area contributed by atoms with Gasteiger partial charge in [0, 0.05) is 17.8 Å². The first-order valence-corrected chi connectivity index (χ1v) is 10.2. The number of halogens is 4. The van der Waals surface area contributed by atoms with Crippen LogP contribution in [0.4, 0.5) is 23.2 Å². The van der Waals surface area contributed by atoms with Gasteiger partial charge in [-0.15, -0.1) is 0 Å². The Morgan fingerprint density at radius 1 is 1.06 bits per heavy atom. The number of anilines is 1. The van der Waals surface area contributed by atoms with Crippen LogP contribution in [0.25, 0.3) is 0 Å². The smallest absolute Gasteiger partial charge is 0.291 e. The Kier molecular flexibility index (Phi) is 6.40. The quantitative estimate of drug-likeness (QED) is 0.218. The number of hydrogen-bond donors (Lipinski definition) is 1. The number of carbonyl (C=O) groups excluding carboxylic acids is 1. The molecular weight excluding hydrogens is 454 g/mol. The highest BCUT2D eigenvalue weighted by Crippen LogP contribution is 2.22. The Balaban J connectivity index is 1.39. The van der Waals surface area contributed by atoms with Crippen LogP contribution in [0.1, 0.15) is 33.0 Å². The van der Waals surface area contributed by atoms with Crippen LogP contribution in [0, 0.1) is 37.1 Å². The van der Waals surface area contributed by atoms with E-state index >= 15 is 0 Å². The van der Waals surface area contributed by atoms with E-state index in [1.807, 2.05) is 32.0 Å². The molecule has 6 nitrogen and oxygen atoms in total. The molecule has 0 atom stereocenters. The van der Waals surface area contributed by atoms with Gasteiger partial charge in [-0.2, -0.15) is 5.10 Å². The first-order valence-electron chi connectivity index (χ1n) is 10.2. The molecule has 4 rings (SSSR count). The van der Waals surface area contributed by atoms with Crippen molar-refractivity contribution < 1.29 is 31.5 Å². The standard InChI is InChI=1S/C24H19F4N3O3/c1-13-3-4-14(2)21(7-13)33-12-16-5-6-20(34-16)24(32)30-15-9-29-31(10-15)11-17-18(25)8-19(26)23(28)22(17)27/h3-10H,11-12H2,1-2H3,(H,30,32). The first kappa shape index (κ1) is 23.1. The molecule has 0 aliphatic carbocycles. The predicted molar refractivity (Wildman–Crippen MR) is 115 cm³/mol. The second kappa shape index (κ2) is 9.42. The SMILES string of the molecule is Cc1ccc(C)c(OCc2ccc(C(=O)Nc3cnn(Cc4c(F)cc(F)c(F)c4F)c3)o2)c1. The van der Waals surface area contributed by atoms with Crippen LogP contribution in [-0.2, 0) is 13.2 Å². The van der Waals surface area contributed by atoms with Crippen molar-refractivity contribution in [2.24, 2.45) is 0 Å². The molecule has 0 aliphatic rings. The highest BCUT2D eigenvalue weighted by atomic mass is 19.2. The Morgan fingerprint density at radius 3 is 2.65 bits per heavy atom. The number of rotatable bonds is 7. The third-order valence-electron chi connectivity index (χ3n) is 5.02. The maximum Gasteiger partial charge on any atom is 0.291 e. The summed E-state index contributed by atoms with van der Waals surface area (Å²) >= 11 is 0. The van der Waals surface area contributed by atoms with E-state index in [2.05, 4.69) is 10.4 Å². The number of aryl methyl sites for hydroxylation is 2. The monoisotopic (exact) mass is 473 g/mol. The summed E-state index contributed by atoms with van der Waals surface area (Å²) in [5.74, 6) is -5.69. The van der Waals surface area contributed by atoms with E-state index in [4.69, 9.17) is 9.15 Å². The van der Waals surface area contributed by atoms with Crippen molar-refractivity contribution in [3.63, 3.8) is 0 Å². The van der Waals surface area contributed by atoms with Gasteiger partial charge in [0.1, 0.15) is 23.9 Å². The molecule has 0 unspecified atom stereocenters. The maximum absolute atomic E-state index is 13.9. The van der Waals surface area contributed by atoms with Crippen molar-refractivity contribution in [2.75, 3.05) is 5.32 Å². The van der Waals surface area contributed by atoms with E-state index in [1.54, 1.807) is 6.07 Å². The van der Waals surface area contributed by atoms with Gasteiger partial charge in [0.2, 0.25) is 0 Å². The Morgan fingerprint density at radius 2 is 1.85 bits per heavy atom. The fourth-order valence-corrected chi connectivity index (χ4v) is 3.21. The van der Waals surface area contributed by atoms with Gasteiger partial charge in [0.05, 0.1) is 18.4 Å². The Labute approximate surface area is 191 Å². The molecule has 176 valence electrons. The molecule has 0 saturated heterocycles. The van der Waals surface area contributed by atoms with Gasteiger partial charge in [0.15, 0.2) is 23.2 Å². The number of carbonyl (C=O) groups is 1. The number of furan rings is 1. The van der Waals surface area contributed by atoms with Crippen LogP contribution in [0.15, 0.2) is 53.2 Å². The van der Waals surface area contributed by atoms with E-state index in [9.17, 15) is 22.4 Å². The lowest BCUT2D eigenvalue weighted by Crippen LogP contribution is -2.11. The van der Waals surface area contributed by atoms with Crippen molar-refractivity contribution in [3.05, 3.63) is 100 Å². The molecule has 2 aromatic heterocycles. The highest BCUT2D eigenvalue weighted by molar-refractivity contribution is 6.02. The van der Waals surface area contributed by atoms with E-state index < -0.39 is 41.3 Å². The van der Waals surface area contributed by atoms with Gasteiger partial charge >= 0.3 is 0 Å². The van der Waals surface area contributed by atoms with Gasteiger partial charge in [-0.3, -0.25) is 9.48 Å². The van der Waals surface area contributed by atoms with Crippen molar-refractivity contribution in [1.82, 2.24) is 9.78 Å². The normalized spacial score (nSPS) is 11.0. The fraction of sp³-hybridized carbons (Fsp3) is 0.167. The number of nitrogens with zero attached hydrogens (tertiary/aromatic N) is 2. The lowest BCUT2D eigenvalue weighted by Gasteiger charge is -2.08. The summed E-state index contributed by atoms with van der Waals surface area (Å²) < 4.78 is 66.6. The molecule has 0 aliphatic heterocycles. The second-order valence-corrected chi connectivity index (χ2v) is 7.65. The van der Waals surface area contributed by atoms with Crippen LogP contribution in [-0.4, -0.2) is 15.7 Å². The van der Waals surface area contributed by atoms with Gasteiger partial charge < -0.3 is 14.5 Å². The molecule has 0 fully saturated rings. The van der Waals surface area contributed by atoms with E-state index in [0.29, 0.717) is 11.5 Å². The summed E-state index contributed by atoms with van der Waals surface area (Å²) in [6.45, 7) is 3.49. The number of amides is 1. The lowest BCUT2D eigenvalue weighted by atomic mass is 10.1. The Hall–Kier alpha value is -4.08. The molecule has 34 heavy (non-hydrogen) atoms. The largest absolute Gasteiger partial charge is 0.485 e. The molecule has 1 amide bonds. The number of benzene rings is 2. The molecule has 0 radical (unpaired) electrons. The number of hydrogen-bond acceptors (Lipinski definition) is 4. The number of nitrogens with one attached hydrogen (secondary N) is 1. The molecule has 0 spiro atoms. The molecule has 1 N–H and O–H groups in total. The van der Waals surface area contributed by atoms with Crippen LogP contribution in [0.2, 0.25) is 0 Å². The molecule has 10 heteroatoms. The lowest BCUT2D eigenvalue weighted by molar-refractivity contribution is 0.0992. The van der Waals surface area contributed by atoms with E-state index in [0.717, 1.165) is 15.8 Å². The van der Waals surface area contributed by atoms with Crippen molar-refractivity contribution >= 4 is 11.6 Å². The van der Waals surface area contributed by atoms with Crippen molar-refractivity contribution in [1.29, 1.82) is 0 Å². The van der Waals surface area contributed by atoms with Crippen LogP contribution in [0.3, 0.4) is 0 Å². The van der Waals surface area contributed by atoms with Crippen LogP contribution in [0.5, 0.6) is 5.75 Å². The summed E-state index contributed by atoms with van der Waals surface area (Å²) in [6.07, 6.45) is 2.52. The molecule has 2 heterocycles. The average Bonchev–Trinajstić information content (AvgIpc) is 3.45. The third kappa shape index (κ3) is 4.95. The molecule has 0 saturated carbocycles. The van der Waals surface area contributed by atoms with Gasteiger partial charge in [-0.1, -0.05) is 12.1 Å². The minimum Gasteiger partial charge on any atom is -0.485 e. The second-order valence-electron chi connectivity index (χ2n) is 7.65. The highest BCUT2D eigenvalue weighted by Gasteiger charge is 2.20. The van der Waals surface area contributed by atoms with E-state index in [-0.39, 0.29) is 24.1 Å². The fourth-order valence-electron chi connectivity index (χ4n) is 3.21. The van der Waals surface area contributed by atoms with Gasteiger partial charge in [0.25, 0.3) is 5.91 Å². The summed E-state index contributed by atoms with van der Waals surface area (Å²) in [4.78, 5) is 12.5. The molecular formula is C24H19F4N3O3. The van der Waals surface area contributed by atoms with Crippen molar-refractivity contribution in [2.45, 2.75) is 27.0 Å². The minimum absolute atomic E-state index is 0.0185. The van der Waals surface area contributed by atoms with Crippen molar-refractivity contribution in [3.8, 4) is 5.75 Å². The zero-order valence-electron chi connectivity index (χ0n) is 18.2. The minimum atomic E-state index is -1.77. The first-order chi connectivity index (χ1) is 16.2. The van der Waals surface area contributed by atoms with Gasteiger partial charge in [-0.05, 0) is 43.2 Å².